The van der Waals surface area contributed by atoms with Crippen LogP contribution in [0, 0.1) is 0 Å². The zero-order valence-corrected chi connectivity index (χ0v) is 22.3. The molecule has 5 rings (SSSR count). The van der Waals surface area contributed by atoms with Gasteiger partial charge in [-0.05, 0) is 73.5 Å². The van der Waals surface area contributed by atoms with Crippen molar-refractivity contribution in [1.29, 1.82) is 0 Å². The molecule has 4 aromatic rings. The highest BCUT2D eigenvalue weighted by molar-refractivity contribution is 9.10. The highest BCUT2D eigenvalue weighted by Crippen LogP contribution is 2.45. The molecule has 1 aliphatic rings. The van der Waals surface area contributed by atoms with Gasteiger partial charge in [0.05, 0.1) is 34.3 Å². The lowest BCUT2D eigenvalue weighted by molar-refractivity contribution is 0.102. The third-order valence-corrected chi connectivity index (χ3v) is 6.70. The Morgan fingerprint density at radius 2 is 1.83 bits per heavy atom. The van der Waals surface area contributed by atoms with E-state index >= 15 is 0 Å². The van der Waals surface area contributed by atoms with E-state index in [1.165, 1.54) is 0 Å². The second-order valence-corrected chi connectivity index (χ2v) is 9.84. The molecule has 1 aliphatic heterocycles. The fourth-order valence-electron chi connectivity index (χ4n) is 4.68. The minimum atomic E-state index is -0.426. The molecule has 3 aromatic carbocycles. The van der Waals surface area contributed by atoms with Gasteiger partial charge in [0, 0.05) is 16.8 Å². The van der Waals surface area contributed by atoms with E-state index in [2.05, 4.69) is 25.8 Å². The highest BCUT2D eigenvalue weighted by atomic mass is 79.9. The molecule has 0 spiro atoms. The molecule has 184 valence electrons. The summed E-state index contributed by atoms with van der Waals surface area (Å²) in [5.74, 6) is 1.94. The van der Waals surface area contributed by atoms with Gasteiger partial charge >= 0.3 is 0 Å². The van der Waals surface area contributed by atoms with Crippen LogP contribution < -0.4 is 14.8 Å². The summed E-state index contributed by atoms with van der Waals surface area (Å²) in [4.78, 5) is 18.8. The van der Waals surface area contributed by atoms with Gasteiger partial charge in [-0.25, -0.2) is 4.98 Å². The Bertz CT molecular complexity index is 1470. The van der Waals surface area contributed by atoms with Crippen molar-refractivity contribution in [3.8, 4) is 11.5 Å². The first-order valence-electron chi connectivity index (χ1n) is 12.1. The number of benzene rings is 3. The number of hydrogen-bond donors (Lipinski definition) is 1. The Hall–Kier alpha value is -3.58. The molecular weight excluding hydrogens is 518 g/mol. The van der Waals surface area contributed by atoms with Gasteiger partial charge in [-0.1, -0.05) is 42.5 Å². The number of allylic oxidation sites excluding steroid dienone is 2. The third kappa shape index (κ3) is 4.28. The number of fused-ring (bicyclic) bond motifs is 3. The Labute approximate surface area is 219 Å². The molecule has 1 N–H and O–H groups in total. The van der Waals surface area contributed by atoms with Gasteiger partial charge in [-0.2, -0.15) is 0 Å². The lowest BCUT2D eigenvalue weighted by atomic mass is 9.89. The number of carbonyl (C=O) groups excluding carboxylic acids is 1. The topological polar surface area (TPSA) is 65.4 Å². The maximum Gasteiger partial charge on any atom is 0.209 e. The van der Waals surface area contributed by atoms with Crippen LogP contribution in [-0.2, 0) is 0 Å². The average molecular weight is 546 g/mol. The smallest absolute Gasteiger partial charge is 0.209 e. The van der Waals surface area contributed by atoms with Crippen LogP contribution in [-0.4, -0.2) is 28.0 Å². The van der Waals surface area contributed by atoms with Crippen LogP contribution in [0.4, 0.5) is 5.95 Å². The molecule has 0 aliphatic carbocycles. The van der Waals surface area contributed by atoms with Crippen molar-refractivity contribution in [1.82, 2.24) is 9.55 Å². The molecule has 0 unspecified atom stereocenters. The van der Waals surface area contributed by atoms with Crippen molar-refractivity contribution in [3.63, 3.8) is 0 Å². The summed E-state index contributed by atoms with van der Waals surface area (Å²) in [6, 6.07) is 20.9. The molecule has 1 aromatic heterocycles. The SMILES string of the molecule is CCOc1cc([C@H]2C(C(=O)c3ccccc3)=C(C)Nc3nc4ccccc4n32)cc(Br)c1OC(C)C. The van der Waals surface area contributed by atoms with Crippen molar-refractivity contribution in [2.24, 2.45) is 0 Å². The monoisotopic (exact) mass is 545 g/mol. The number of rotatable bonds is 7. The van der Waals surface area contributed by atoms with Gasteiger partial charge in [0.25, 0.3) is 0 Å². The predicted molar refractivity (Wildman–Crippen MR) is 146 cm³/mol. The standard InChI is InChI=1S/C29H28BrN3O3/c1-5-35-24-16-20(15-21(30)28(24)36-17(2)3)26-25(27(34)19-11-7-6-8-12-19)18(4)31-29-32-22-13-9-10-14-23(22)33(26)29/h6-17,26H,5H2,1-4H3,(H,31,32)/t26-/m0/s1. The fourth-order valence-corrected chi connectivity index (χ4v) is 5.23. The van der Waals surface area contributed by atoms with E-state index in [0.29, 0.717) is 35.2 Å². The van der Waals surface area contributed by atoms with Gasteiger partial charge in [-0.15, -0.1) is 0 Å². The van der Waals surface area contributed by atoms with Crippen LogP contribution in [0.5, 0.6) is 11.5 Å². The number of Topliss-reactive ketones (excluding diaryl/α,β-unsaturated/α-hetero) is 1. The summed E-state index contributed by atoms with van der Waals surface area (Å²) in [5, 5.41) is 3.38. The number of anilines is 1. The molecule has 0 fully saturated rings. The van der Waals surface area contributed by atoms with Crippen LogP contribution in [0.1, 0.15) is 49.7 Å². The lowest BCUT2D eigenvalue weighted by Crippen LogP contribution is -2.28. The van der Waals surface area contributed by atoms with E-state index in [9.17, 15) is 4.79 Å². The second-order valence-electron chi connectivity index (χ2n) is 8.99. The summed E-state index contributed by atoms with van der Waals surface area (Å²) in [7, 11) is 0. The highest BCUT2D eigenvalue weighted by Gasteiger charge is 2.35. The number of ether oxygens (including phenoxy) is 2. The van der Waals surface area contributed by atoms with Crippen LogP contribution in [0.15, 0.2) is 82.5 Å². The number of nitrogens with zero attached hydrogens (tertiary/aromatic N) is 2. The molecule has 36 heavy (non-hydrogen) atoms. The second kappa shape index (κ2) is 9.82. The minimum Gasteiger partial charge on any atom is -0.490 e. The number of ketones is 1. The van der Waals surface area contributed by atoms with Crippen molar-refractivity contribution in [2.75, 3.05) is 11.9 Å². The van der Waals surface area contributed by atoms with Crippen molar-refractivity contribution in [2.45, 2.75) is 39.8 Å². The molecule has 0 saturated heterocycles. The normalized spacial score (nSPS) is 15.1. The van der Waals surface area contributed by atoms with Crippen LogP contribution in [0.25, 0.3) is 11.0 Å². The number of imidazole rings is 1. The number of hydrogen-bond acceptors (Lipinski definition) is 5. The van der Waals surface area contributed by atoms with Gasteiger partial charge < -0.3 is 14.8 Å². The van der Waals surface area contributed by atoms with Crippen LogP contribution in [0.2, 0.25) is 0 Å². The van der Waals surface area contributed by atoms with Gasteiger partial charge in [0.1, 0.15) is 0 Å². The van der Waals surface area contributed by atoms with Crippen molar-refractivity contribution in [3.05, 3.63) is 93.6 Å². The Morgan fingerprint density at radius 1 is 1.11 bits per heavy atom. The molecular formula is C29H28BrN3O3. The summed E-state index contributed by atoms with van der Waals surface area (Å²) in [6.45, 7) is 8.33. The number of aromatic nitrogens is 2. The summed E-state index contributed by atoms with van der Waals surface area (Å²) < 4.78 is 15.0. The van der Waals surface area contributed by atoms with Crippen LogP contribution >= 0.6 is 15.9 Å². The maximum atomic E-state index is 14.0. The first-order valence-corrected chi connectivity index (χ1v) is 12.9. The zero-order valence-electron chi connectivity index (χ0n) is 20.7. The Kier molecular flexibility index (Phi) is 6.58. The number of halogens is 1. The molecule has 0 amide bonds. The first-order chi connectivity index (χ1) is 17.4. The van der Waals surface area contributed by atoms with Crippen molar-refractivity contribution < 1.29 is 14.3 Å². The van der Waals surface area contributed by atoms with Crippen LogP contribution in [0.3, 0.4) is 0 Å². The largest absolute Gasteiger partial charge is 0.490 e. The van der Waals surface area contributed by atoms with E-state index < -0.39 is 6.04 Å². The molecule has 0 radical (unpaired) electrons. The van der Waals surface area contributed by atoms with Crippen molar-refractivity contribution >= 4 is 38.7 Å². The van der Waals surface area contributed by atoms with Gasteiger partial charge in [0.15, 0.2) is 17.3 Å². The zero-order chi connectivity index (χ0) is 25.4. The van der Waals surface area contributed by atoms with E-state index in [1.807, 2.05) is 94.4 Å². The molecule has 1 atom stereocenters. The molecule has 6 nitrogen and oxygen atoms in total. The molecule has 0 bridgehead atoms. The Morgan fingerprint density at radius 3 is 2.56 bits per heavy atom. The third-order valence-electron chi connectivity index (χ3n) is 6.11. The lowest BCUT2D eigenvalue weighted by Gasteiger charge is -2.31. The molecule has 2 heterocycles. The van der Waals surface area contributed by atoms with E-state index in [-0.39, 0.29) is 11.9 Å². The quantitative estimate of drug-likeness (QED) is 0.249. The fraction of sp³-hybridized carbons (Fsp3) is 0.241. The van der Waals surface area contributed by atoms with Gasteiger partial charge in [0.2, 0.25) is 5.95 Å². The average Bonchev–Trinajstić information content (AvgIpc) is 3.23. The summed E-state index contributed by atoms with van der Waals surface area (Å²) in [6.07, 6.45) is -0.0215. The Balaban J connectivity index is 1.76. The minimum absolute atomic E-state index is 0.0215. The van der Waals surface area contributed by atoms with E-state index in [0.717, 1.165) is 26.8 Å². The van der Waals surface area contributed by atoms with E-state index in [4.69, 9.17) is 14.5 Å². The number of nitrogens with one attached hydrogen (secondary N) is 1. The van der Waals surface area contributed by atoms with Gasteiger partial charge in [-0.3, -0.25) is 9.36 Å². The summed E-state index contributed by atoms with van der Waals surface area (Å²) in [5.41, 5.74) is 4.75. The molecule has 7 heteroatoms. The summed E-state index contributed by atoms with van der Waals surface area (Å²) >= 11 is 3.71. The first kappa shape index (κ1) is 24.1. The number of carbonyl (C=O) groups is 1. The predicted octanol–water partition coefficient (Wildman–Crippen LogP) is 7.16. The number of para-hydroxylation sites is 2. The van der Waals surface area contributed by atoms with E-state index in [1.54, 1.807) is 0 Å². The molecule has 0 saturated carbocycles. The maximum absolute atomic E-state index is 14.0.